The third-order valence-corrected chi connectivity index (χ3v) is 3.06. The Balaban J connectivity index is 1.62. The van der Waals surface area contributed by atoms with Crippen LogP contribution < -0.4 is 10.1 Å². The lowest BCUT2D eigenvalue weighted by Gasteiger charge is -2.35. The minimum absolute atomic E-state index is 0.245. The summed E-state index contributed by atoms with van der Waals surface area (Å²) in [7, 11) is 0. The molecule has 0 unspecified atom stereocenters. The van der Waals surface area contributed by atoms with E-state index in [4.69, 9.17) is 14.2 Å². The predicted molar refractivity (Wildman–Crippen MR) is 74.4 cm³/mol. The molecule has 0 spiro atoms. The Labute approximate surface area is 115 Å². The van der Waals surface area contributed by atoms with E-state index in [2.05, 4.69) is 18.3 Å². The molecule has 4 heteroatoms. The van der Waals surface area contributed by atoms with Crippen molar-refractivity contribution in [3.8, 4) is 5.75 Å². The minimum Gasteiger partial charge on any atom is -0.492 e. The van der Waals surface area contributed by atoms with Crippen LogP contribution in [0, 0.1) is 6.92 Å². The zero-order valence-electron chi connectivity index (χ0n) is 11.9. The van der Waals surface area contributed by atoms with Crippen LogP contribution in [0.2, 0.25) is 0 Å². The van der Waals surface area contributed by atoms with E-state index in [9.17, 15) is 0 Å². The van der Waals surface area contributed by atoms with Gasteiger partial charge in [0.15, 0.2) is 5.79 Å². The standard InChI is InChI=1S/C15H23NO3/c1-12-5-4-6-14(9-12)17-8-7-16-13-10-18-15(2,3)19-11-13/h4-6,9,13,16H,7-8,10-11H2,1-3H3. The Kier molecular flexibility index (Phi) is 4.80. The molecular formula is C15H23NO3. The fourth-order valence-corrected chi connectivity index (χ4v) is 1.95. The lowest BCUT2D eigenvalue weighted by atomic mass is 10.2. The minimum atomic E-state index is -0.448. The summed E-state index contributed by atoms with van der Waals surface area (Å²) in [5.41, 5.74) is 1.21. The number of hydrogen-bond donors (Lipinski definition) is 1. The van der Waals surface area contributed by atoms with Gasteiger partial charge in [-0.3, -0.25) is 0 Å². The van der Waals surface area contributed by atoms with Gasteiger partial charge in [-0.25, -0.2) is 0 Å². The maximum Gasteiger partial charge on any atom is 0.162 e. The molecule has 0 radical (unpaired) electrons. The van der Waals surface area contributed by atoms with Gasteiger partial charge in [0, 0.05) is 6.54 Å². The Morgan fingerprint density at radius 2 is 2.05 bits per heavy atom. The summed E-state index contributed by atoms with van der Waals surface area (Å²) >= 11 is 0. The summed E-state index contributed by atoms with van der Waals surface area (Å²) in [5, 5.41) is 3.37. The first-order valence-electron chi connectivity index (χ1n) is 6.76. The zero-order valence-corrected chi connectivity index (χ0v) is 11.9. The molecule has 19 heavy (non-hydrogen) atoms. The van der Waals surface area contributed by atoms with Gasteiger partial charge in [-0.1, -0.05) is 12.1 Å². The maximum atomic E-state index is 5.67. The first kappa shape index (κ1) is 14.3. The molecule has 1 aliphatic heterocycles. The van der Waals surface area contributed by atoms with Gasteiger partial charge in [-0.05, 0) is 38.5 Å². The zero-order chi connectivity index (χ0) is 13.7. The molecule has 1 aromatic carbocycles. The number of hydrogen-bond acceptors (Lipinski definition) is 4. The second-order valence-corrected chi connectivity index (χ2v) is 5.34. The number of aryl methyl sites for hydroxylation is 1. The van der Waals surface area contributed by atoms with Crippen molar-refractivity contribution in [1.29, 1.82) is 0 Å². The first-order chi connectivity index (χ1) is 9.05. The van der Waals surface area contributed by atoms with Crippen LogP contribution in [-0.2, 0) is 9.47 Å². The summed E-state index contributed by atoms with van der Waals surface area (Å²) in [6, 6.07) is 8.32. The molecule has 0 aliphatic carbocycles. The van der Waals surface area contributed by atoms with Crippen LogP contribution in [-0.4, -0.2) is 38.2 Å². The van der Waals surface area contributed by atoms with Gasteiger partial charge in [0.25, 0.3) is 0 Å². The van der Waals surface area contributed by atoms with Gasteiger partial charge in [-0.2, -0.15) is 0 Å². The van der Waals surface area contributed by atoms with Crippen molar-refractivity contribution in [1.82, 2.24) is 5.32 Å². The second kappa shape index (κ2) is 6.37. The normalized spacial score (nSPS) is 19.3. The molecule has 0 saturated carbocycles. The number of ether oxygens (including phenoxy) is 3. The topological polar surface area (TPSA) is 39.7 Å². The highest BCUT2D eigenvalue weighted by Gasteiger charge is 2.27. The highest BCUT2D eigenvalue weighted by atomic mass is 16.7. The van der Waals surface area contributed by atoms with Gasteiger partial charge in [0.05, 0.1) is 19.3 Å². The highest BCUT2D eigenvalue weighted by Crippen LogP contribution is 2.16. The van der Waals surface area contributed by atoms with E-state index < -0.39 is 5.79 Å². The summed E-state index contributed by atoms with van der Waals surface area (Å²) < 4.78 is 16.8. The summed E-state index contributed by atoms with van der Waals surface area (Å²) in [4.78, 5) is 0. The van der Waals surface area contributed by atoms with E-state index in [-0.39, 0.29) is 6.04 Å². The van der Waals surface area contributed by atoms with Crippen LogP contribution in [0.15, 0.2) is 24.3 Å². The molecule has 0 aromatic heterocycles. The molecule has 1 heterocycles. The molecule has 1 fully saturated rings. The maximum absolute atomic E-state index is 5.67. The molecular weight excluding hydrogens is 242 g/mol. The first-order valence-corrected chi connectivity index (χ1v) is 6.76. The third kappa shape index (κ3) is 4.82. The second-order valence-electron chi connectivity index (χ2n) is 5.34. The van der Waals surface area contributed by atoms with Crippen LogP contribution in [0.4, 0.5) is 0 Å². The van der Waals surface area contributed by atoms with E-state index in [1.165, 1.54) is 5.56 Å². The third-order valence-electron chi connectivity index (χ3n) is 3.06. The van der Waals surface area contributed by atoms with E-state index in [1.54, 1.807) is 0 Å². The van der Waals surface area contributed by atoms with Gasteiger partial charge < -0.3 is 19.5 Å². The molecule has 0 atom stereocenters. The van der Waals surface area contributed by atoms with E-state index in [0.29, 0.717) is 19.8 Å². The lowest BCUT2D eigenvalue weighted by molar-refractivity contribution is -0.252. The summed E-state index contributed by atoms with van der Waals surface area (Å²) in [6.45, 7) is 8.71. The van der Waals surface area contributed by atoms with Crippen LogP contribution in [0.25, 0.3) is 0 Å². The van der Waals surface area contributed by atoms with Crippen LogP contribution in [0.1, 0.15) is 19.4 Å². The van der Waals surface area contributed by atoms with Crippen molar-refractivity contribution in [3.05, 3.63) is 29.8 Å². The molecule has 0 amide bonds. The van der Waals surface area contributed by atoms with Gasteiger partial charge in [0.2, 0.25) is 0 Å². The van der Waals surface area contributed by atoms with E-state index in [1.807, 2.05) is 32.0 Å². The van der Waals surface area contributed by atoms with Crippen molar-refractivity contribution in [2.24, 2.45) is 0 Å². The molecule has 4 nitrogen and oxygen atoms in total. The number of nitrogens with one attached hydrogen (secondary N) is 1. The van der Waals surface area contributed by atoms with Gasteiger partial charge >= 0.3 is 0 Å². The van der Waals surface area contributed by atoms with Gasteiger partial charge in [-0.15, -0.1) is 0 Å². The average Bonchev–Trinajstić information content (AvgIpc) is 2.36. The Morgan fingerprint density at radius 3 is 2.74 bits per heavy atom. The predicted octanol–water partition coefficient (Wildman–Crippen LogP) is 2.11. The number of rotatable bonds is 5. The van der Waals surface area contributed by atoms with Crippen molar-refractivity contribution in [2.75, 3.05) is 26.4 Å². The molecule has 0 bridgehead atoms. The Bertz CT molecular complexity index is 396. The van der Waals surface area contributed by atoms with E-state index in [0.717, 1.165) is 12.3 Å². The summed E-state index contributed by atoms with van der Waals surface area (Å²) in [5.74, 6) is 0.468. The van der Waals surface area contributed by atoms with Crippen molar-refractivity contribution < 1.29 is 14.2 Å². The van der Waals surface area contributed by atoms with Crippen molar-refractivity contribution >= 4 is 0 Å². The SMILES string of the molecule is Cc1cccc(OCCNC2COC(C)(C)OC2)c1. The Hall–Kier alpha value is -1.10. The quantitative estimate of drug-likeness (QED) is 0.828. The summed E-state index contributed by atoms with van der Waals surface area (Å²) in [6.07, 6.45) is 0. The largest absolute Gasteiger partial charge is 0.492 e. The molecule has 1 aromatic rings. The van der Waals surface area contributed by atoms with Crippen LogP contribution in [0.3, 0.4) is 0 Å². The monoisotopic (exact) mass is 265 g/mol. The number of benzene rings is 1. The van der Waals surface area contributed by atoms with E-state index >= 15 is 0 Å². The lowest BCUT2D eigenvalue weighted by Crippen LogP contribution is -2.49. The molecule has 106 valence electrons. The molecule has 1 saturated heterocycles. The van der Waals surface area contributed by atoms with Crippen molar-refractivity contribution in [3.63, 3.8) is 0 Å². The van der Waals surface area contributed by atoms with Crippen LogP contribution >= 0.6 is 0 Å². The molecule has 1 aliphatic rings. The molecule has 2 rings (SSSR count). The molecule has 1 N–H and O–H groups in total. The van der Waals surface area contributed by atoms with Crippen LogP contribution in [0.5, 0.6) is 5.75 Å². The van der Waals surface area contributed by atoms with Crippen molar-refractivity contribution in [2.45, 2.75) is 32.6 Å². The Morgan fingerprint density at radius 1 is 1.32 bits per heavy atom. The average molecular weight is 265 g/mol. The highest BCUT2D eigenvalue weighted by molar-refractivity contribution is 5.27. The van der Waals surface area contributed by atoms with Gasteiger partial charge in [0.1, 0.15) is 12.4 Å². The fourth-order valence-electron chi connectivity index (χ4n) is 1.95. The smallest absolute Gasteiger partial charge is 0.162 e. The fraction of sp³-hybridized carbons (Fsp3) is 0.600.